The van der Waals surface area contributed by atoms with Crippen molar-refractivity contribution < 1.29 is 4.79 Å². The van der Waals surface area contributed by atoms with Gasteiger partial charge in [0.25, 0.3) is 0 Å². The molecule has 0 amide bonds. The van der Waals surface area contributed by atoms with Crippen LogP contribution in [0.4, 0.5) is 0 Å². The predicted octanol–water partition coefficient (Wildman–Crippen LogP) is 5.71. The molecule has 0 aliphatic heterocycles. The molecule has 0 spiro atoms. The fourth-order valence-corrected chi connectivity index (χ4v) is 4.11. The number of rotatable bonds is 2. The van der Waals surface area contributed by atoms with E-state index in [1.165, 1.54) is 43.4 Å². The molecule has 0 saturated heterocycles. The minimum Gasteiger partial charge on any atom is -0.293 e. The number of carbonyl (C=O) groups is 1. The second-order valence-corrected chi connectivity index (χ2v) is 7.15. The van der Waals surface area contributed by atoms with Crippen molar-refractivity contribution in [1.29, 1.82) is 0 Å². The lowest BCUT2D eigenvalue weighted by atomic mass is 9.88. The van der Waals surface area contributed by atoms with Crippen LogP contribution in [-0.2, 0) is 0 Å². The molecular weight excluding hydrogens is 320 g/mol. The number of halogens is 2. The smallest absolute Gasteiger partial charge is 0.175 e. The Balaban J connectivity index is 2.06. The monoisotopic (exact) mass is 334 g/mol. The van der Waals surface area contributed by atoms with Gasteiger partial charge in [0.15, 0.2) is 5.78 Å². The van der Waals surface area contributed by atoms with Crippen LogP contribution in [0.25, 0.3) is 0 Å². The summed E-state index contributed by atoms with van der Waals surface area (Å²) in [7, 11) is 0. The molecule has 1 nitrogen and oxygen atoms in total. The predicted molar refractivity (Wildman–Crippen MR) is 77.2 cm³/mol. The van der Waals surface area contributed by atoms with Crippen molar-refractivity contribution in [3.63, 3.8) is 0 Å². The van der Waals surface area contributed by atoms with Crippen LogP contribution < -0.4 is 0 Å². The molecule has 1 heterocycles. The Hall–Kier alpha value is 0.140. The average molecular weight is 336 g/mol. The molecule has 94 valence electrons. The maximum atomic E-state index is 12.4. The third kappa shape index (κ3) is 3.55. The summed E-state index contributed by atoms with van der Waals surface area (Å²) >= 11 is 10.7. The van der Waals surface area contributed by atoms with Gasteiger partial charge in [-0.2, -0.15) is 0 Å². The van der Waals surface area contributed by atoms with Crippen molar-refractivity contribution in [2.45, 2.75) is 44.9 Å². The SMILES string of the molecule is O=C(c1cc(Br)c(Cl)s1)C1CCCCCCC1. The number of hydrogen-bond acceptors (Lipinski definition) is 2. The van der Waals surface area contributed by atoms with E-state index in [1.54, 1.807) is 0 Å². The van der Waals surface area contributed by atoms with Crippen LogP contribution in [0.5, 0.6) is 0 Å². The lowest BCUT2D eigenvalue weighted by Gasteiger charge is -2.17. The number of thiophene rings is 1. The molecule has 0 unspecified atom stereocenters. The summed E-state index contributed by atoms with van der Waals surface area (Å²) in [5.41, 5.74) is 0. The van der Waals surface area contributed by atoms with Gasteiger partial charge in [0.05, 0.1) is 4.88 Å². The van der Waals surface area contributed by atoms with Gasteiger partial charge in [0.1, 0.15) is 4.34 Å². The van der Waals surface area contributed by atoms with Gasteiger partial charge in [-0.05, 0) is 34.8 Å². The molecule has 0 radical (unpaired) electrons. The van der Waals surface area contributed by atoms with Gasteiger partial charge in [0, 0.05) is 10.4 Å². The van der Waals surface area contributed by atoms with Crippen molar-refractivity contribution in [1.82, 2.24) is 0 Å². The Labute approximate surface area is 120 Å². The third-order valence-electron chi connectivity index (χ3n) is 3.36. The van der Waals surface area contributed by atoms with Crippen LogP contribution >= 0.6 is 38.9 Å². The normalized spacial score (nSPS) is 18.7. The second kappa shape index (κ2) is 6.35. The summed E-state index contributed by atoms with van der Waals surface area (Å²) in [5.74, 6) is 0.515. The van der Waals surface area contributed by atoms with Crippen LogP contribution in [0.1, 0.15) is 54.6 Å². The highest BCUT2D eigenvalue weighted by atomic mass is 79.9. The van der Waals surface area contributed by atoms with E-state index >= 15 is 0 Å². The first-order chi connectivity index (χ1) is 8.18. The Morgan fingerprint density at radius 3 is 2.35 bits per heavy atom. The van der Waals surface area contributed by atoms with Gasteiger partial charge in [0.2, 0.25) is 0 Å². The van der Waals surface area contributed by atoms with Crippen LogP contribution in [0.3, 0.4) is 0 Å². The first kappa shape index (κ1) is 13.6. The van der Waals surface area contributed by atoms with E-state index in [0.29, 0.717) is 10.1 Å². The van der Waals surface area contributed by atoms with E-state index in [4.69, 9.17) is 11.6 Å². The molecule has 1 aromatic rings. The van der Waals surface area contributed by atoms with Crippen LogP contribution in [-0.4, -0.2) is 5.78 Å². The molecule has 0 bridgehead atoms. The molecule has 17 heavy (non-hydrogen) atoms. The highest BCUT2D eigenvalue weighted by Crippen LogP contribution is 2.35. The lowest BCUT2D eigenvalue weighted by molar-refractivity contribution is 0.0902. The van der Waals surface area contributed by atoms with Crippen molar-refractivity contribution in [3.05, 3.63) is 19.8 Å². The van der Waals surface area contributed by atoms with E-state index < -0.39 is 0 Å². The van der Waals surface area contributed by atoms with Gasteiger partial charge in [-0.25, -0.2) is 0 Å². The van der Waals surface area contributed by atoms with Crippen molar-refractivity contribution in [2.24, 2.45) is 5.92 Å². The Morgan fingerprint density at radius 1 is 1.24 bits per heavy atom. The Bertz CT molecular complexity index is 375. The van der Waals surface area contributed by atoms with Gasteiger partial charge in [-0.15, -0.1) is 11.3 Å². The van der Waals surface area contributed by atoms with Crippen molar-refractivity contribution in [2.75, 3.05) is 0 Å². The molecule has 2 rings (SSSR count). The summed E-state index contributed by atoms with van der Waals surface area (Å²) in [6, 6.07) is 1.87. The van der Waals surface area contributed by atoms with E-state index in [-0.39, 0.29) is 5.92 Å². The summed E-state index contributed by atoms with van der Waals surface area (Å²) in [5, 5.41) is 0. The largest absolute Gasteiger partial charge is 0.293 e. The number of hydrogen-bond donors (Lipinski definition) is 0. The van der Waals surface area contributed by atoms with E-state index in [0.717, 1.165) is 22.2 Å². The summed E-state index contributed by atoms with van der Waals surface area (Å²) in [6.07, 6.45) is 8.36. The standard InChI is InChI=1S/C13H16BrClOS/c14-10-8-11(17-13(10)15)12(16)9-6-4-2-1-3-5-7-9/h8-9H,1-7H2. The first-order valence-corrected chi connectivity index (χ1v) is 8.16. The highest BCUT2D eigenvalue weighted by Gasteiger charge is 2.22. The summed E-state index contributed by atoms with van der Waals surface area (Å²) in [4.78, 5) is 13.2. The topological polar surface area (TPSA) is 17.1 Å². The van der Waals surface area contributed by atoms with Crippen LogP contribution in [0, 0.1) is 5.92 Å². The highest BCUT2D eigenvalue weighted by molar-refractivity contribution is 9.10. The summed E-state index contributed by atoms with van der Waals surface area (Å²) in [6.45, 7) is 0. The van der Waals surface area contributed by atoms with Crippen LogP contribution in [0.15, 0.2) is 10.5 Å². The fourth-order valence-electron chi connectivity index (χ4n) is 2.39. The molecule has 1 aliphatic rings. The zero-order chi connectivity index (χ0) is 12.3. The molecule has 0 N–H and O–H groups in total. The van der Waals surface area contributed by atoms with Crippen molar-refractivity contribution >= 4 is 44.7 Å². The zero-order valence-electron chi connectivity index (χ0n) is 9.68. The quantitative estimate of drug-likeness (QED) is 0.633. The first-order valence-electron chi connectivity index (χ1n) is 6.17. The maximum absolute atomic E-state index is 12.4. The number of Topliss-reactive ketones (excluding diaryl/α,β-unsaturated/α-hetero) is 1. The van der Waals surface area contributed by atoms with Crippen molar-refractivity contribution in [3.8, 4) is 0 Å². The molecule has 1 saturated carbocycles. The van der Waals surface area contributed by atoms with E-state index in [2.05, 4.69) is 15.9 Å². The minimum absolute atomic E-state index is 0.219. The number of carbonyl (C=O) groups excluding carboxylic acids is 1. The van der Waals surface area contributed by atoms with E-state index in [9.17, 15) is 4.79 Å². The summed E-state index contributed by atoms with van der Waals surface area (Å²) < 4.78 is 1.53. The second-order valence-electron chi connectivity index (χ2n) is 4.64. The Morgan fingerprint density at radius 2 is 1.82 bits per heavy atom. The third-order valence-corrected chi connectivity index (χ3v) is 5.85. The van der Waals surface area contributed by atoms with Gasteiger partial charge in [-0.1, -0.05) is 43.7 Å². The lowest BCUT2D eigenvalue weighted by Crippen LogP contribution is -2.15. The molecule has 0 aromatic carbocycles. The Kier molecular flexibility index (Phi) is 5.07. The van der Waals surface area contributed by atoms with Crippen LogP contribution in [0.2, 0.25) is 4.34 Å². The van der Waals surface area contributed by atoms with Gasteiger partial charge in [-0.3, -0.25) is 4.79 Å². The number of ketones is 1. The van der Waals surface area contributed by atoms with E-state index in [1.807, 2.05) is 6.07 Å². The molecular formula is C13H16BrClOS. The van der Waals surface area contributed by atoms with Gasteiger partial charge >= 0.3 is 0 Å². The van der Waals surface area contributed by atoms with Gasteiger partial charge < -0.3 is 0 Å². The maximum Gasteiger partial charge on any atom is 0.175 e. The molecule has 4 heteroatoms. The minimum atomic E-state index is 0.219. The fraction of sp³-hybridized carbons (Fsp3) is 0.615. The molecule has 1 fully saturated rings. The average Bonchev–Trinajstić information content (AvgIpc) is 2.58. The molecule has 0 atom stereocenters. The zero-order valence-corrected chi connectivity index (χ0v) is 12.8. The molecule has 1 aliphatic carbocycles. The molecule has 1 aromatic heterocycles.